The minimum Gasteiger partial charge on any atom is -0.504 e. The molecule has 4 nitrogen and oxygen atoms in total. The van der Waals surface area contributed by atoms with Gasteiger partial charge >= 0.3 is 5.97 Å². The van der Waals surface area contributed by atoms with E-state index < -0.39 is 11.7 Å². The van der Waals surface area contributed by atoms with E-state index >= 15 is 0 Å². The zero-order chi connectivity index (χ0) is 11.4. The van der Waals surface area contributed by atoms with E-state index in [-0.39, 0.29) is 11.3 Å². The zero-order valence-electron chi connectivity index (χ0n) is 8.53. The Hall–Kier alpha value is -1.71. The first-order valence-electron chi connectivity index (χ1n) is 4.84. The molecule has 3 N–H and O–H groups in total. The van der Waals surface area contributed by atoms with Crippen LogP contribution in [0.4, 0.5) is 0 Å². The van der Waals surface area contributed by atoms with Gasteiger partial charge in [-0.2, -0.15) is 0 Å². The van der Waals surface area contributed by atoms with Gasteiger partial charge in [0, 0.05) is 0 Å². The second kappa shape index (κ2) is 4.68. The monoisotopic (exact) mass is 210 g/mol. The number of phenolic OH excluding ortho intramolecular Hbond substituents is 2. The van der Waals surface area contributed by atoms with Crippen molar-refractivity contribution in [2.24, 2.45) is 0 Å². The number of rotatable bonds is 4. The smallest absolute Gasteiger partial charge is 0.336 e. The normalized spacial score (nSPS) is 10.2. The van der Waals surface area contributed by atoms with Crippen LogP contribution in [0.25, 0.3) is 0 Å². The molecule has 0 aromatic heterocycles. The standard InChI is InChI=1S/C11H14O4/c1-2-3-4-7-5-9(12)10(13)6-8(7)11(14)15/h5-6,12-13H,2-4H2,1H3,(H,14,15). The van der Waals surface area contributed by atoms with Crippen LogP contribution in [0.1, 0.15) is 35.7 Å². The number of hydrogen-bond donors (Lipinski definition) is 3. The first-order chi connectivity index (χ1) is 7.06. The van der Waals surface area contributed by atoms with Crippen molar-refractivity contribution in [3.63, 3.8) is 0 Å². The van der Waals surface area contributed by atoms with Crippen LogP contribution >= 0.6 is 0 Å². The summed E-state index contributed by atoms with van der Waals surface area (Å²) in [6, 6.07) is 2.40. The second-order valence-electron chi connectivity index (χ2n) is 3.41. The number of carbonyl (C=O) groups is 1. The fraction of sp³-hybridized carbons (Fsp3) is 0.364. The predicted octanol–water partition coefficient (Wildman–Crippen LogP) is 2.14. The lowest BCUT2D eigenvalue weighted by Crippen LogP contribution is -2.02. The summed E-state index contributed by atoms with van der Waals surface area (Å²) in [5, 5.41) is 27.3. The van der Waals surface area contributed by atoms with Gasteiger partial charge in [-0.05, 0) is 30.5 Å². The van der Waals surface area contributed by atoms with Gasteiger partial charge in [0.15, 0.2) is 11.5 Å². The maximum Gasteiger partial charge on any atom is 0.336 e. The molecule has 0 bridgehead atoms. The third-order valence-corrected chi connectivity index (χ3v) is 2.23. The van der Waals surface area contributed by atoms with E-state index in [9.17, 15) is 15.0 Å². The van der Waals surface area contributed by atoms with Crippen molar-refractivity contribution in [3.05, 3.63) is 23.3 Å². The minimum absolute atomic E-state index is 0.0544. The van der Waals surface area contributed by atoms with Crippen LogP contribution in [0.3, 0.4) is 0 Å². The van der Waals surface area contributed by atoms with E-state index in [4.69, 9.17) is 5.11 Å². The van der Waals surface area contributed by atoms with Gasteiger partial charge in [-0.1, -0.05) is 13.3 Å². The van der Waals surface area contributed by atoms with Crippen LogP contribution in [0, 0.1) is 0 Å². The molecule has 1 aromatic rings. The molecule has 0 unspecified atom stereocenters. The molecule has 0 aliphatic rings. The Balaban J connectivity index is 3.10. The molecule has 0 saturated heterocycles. The molecule has 0 spiro atoms. The number of aryl methyl sites for hydroxylation is 1. The van der Waals surface area contributed by atoms with E-state index in [2.05, 4.69) is 0 Å². The van der Waals surface area contributed by atoms with Crippen LogP contribution in [-0.2, 0) is 6.42 Å². The largest absolute Gasteiger partial charge is 0.504 e. The van der Waals surface area contributed by atoms with Crippen molar-refractivity contribution in [3.8, 4) is 11.5 Å². The first kappa shape index (κ1) is 11.4. The number of aromatic carboxylic acids is 1. The van der Waals surface area contributed by atoms with Crippen molar-refractivity contribution in [2.45, 2.75) is 26.2 Å². The van der Waals surface area contributed by atoms with Crippen LogP contribution in [0.5, 0.6) is 11.5 Å². The molecule has 0 aliphatic heterocycles. The summed E-state index contributed by atoms with van der Waals surface area (Å²) in [6.07, 6.45) is 2.39. The van der Waals surface area contributed by atoms with E-state index in [1.807, 2.05) is 6.92 Å². The van der Waals surface area contributed by atoms with Crippen molar-refractivity contribution in [1.82, 2.24) is 0 Å². The van der Waals surface area contributed by atoms with Crippen molar-refractivity contribution < 1.29 is 20.1 Å². The maximum atomic E-state index is 10.9. The third-order valence-electron chi connectivity index (χ3n) is 2.23. The number of carboxylic acid groups (broad SMARTS) is 1. The predicted molar refractivity (Wildman–Crippen MR) is 55.3 cm³/mol. The average Bonchev–Trinajstić information content (AvgIpc) is 2.19. The molecule has 82 valence electrons. The number of phenols is 2. The van der Waals surface area contributed by atoms with Crippen LogP contribution in [0.2, 0.25) is 0 Å². The number of carboxylic acids is 1. The molecule has 0 radical (unpaired) electrons. The van der Waals surface area contributed by atoms with Crippen molar-refractivity contribution >= 4 is 5.97 Å². The van der Waals surface area contributed by atoms with Gasteiger partial charge in [0.1, 0.15) is 0 Å². The summed E-state index contributed by atoms with van der Waals surface area (Å²) >= 11 is 0. The van der Waals surface area contributed by atoms with Gasteiger partial charge in [-0.3, -0.25) is 0 Å². The zero-order valence-corrected chi connectivity index (χ0v) is 8.53. The lowest BCUT2D eigenvalue weighted by molar-refractivity contribution is 0.0695. The van der Waals surface area contributed by atoms with Crippen LogP contribution in [-0.4, -0.2) is 21.3 Å². The van der Waals surface area contributed by atoms with E-state index in [0.717, 1.165) is 18.9 Å². The molecule has 0 saturated carbocycles. The fourth-order valence-corrected chi connectivity index (χ4v) is 1.39. The van der Waals surface area contributed by atoms with Crippen molar-refractivity contribution in [1.29, 1.82) is 0 Å². The summed E-state index contributed by atoms with van der Waals surface area (Å²) in [4.78, 5) is 10.9. The number of aromatic hydroxyl groups is 2. The lowest BCUT2D eigenvalue weighted by Gasteiger charge is -2.07. The number of unbranched alkanes of at least 4 members (excludes halogenated alkanes) is 1. The number of benzene rings is 1. The summed E-state index contributed by atoms with van der Waals surface area (Å²) in [7, 11) is 0. The highest BCUT2D eigenvalue weighted by molar-refractivity contribution is 5.90. The molecule has 0 heterocycles. The van der Waals surface area contributed by atoms with Gasteiger partial charge in [0.05, 0.1) is 5.56 Å². The van der Waals surface area contributed by atoms with Gasteiger partial charge in [0.2, 0.25) is 0 Å². The topological polar surface area (TPSA) is 77.8 Å². The van der Waals surface area contributed by atoms with Crippen LogP contribution in [0.15, 0.2) is 12.1 Å². The van der Waals surface area contributed by atoms with Gasteiger partial charge in [-0.15, -0.1) is 0 Å². The quantitative estimate of drug-likeness (QED) is 0.665. The molecule has 1 rings (SSSR count). The van der Waals surface area contributed by atoms with Crippen LogP contribution < -0.4 is 0 Å². The SMILES string of the molecule is CCCCc1cc(O)c(O)cc1C(=O)O. The Morgan fingerprint density at radius 1 is 1.27 bits per heavy atom. The molecular weight excluding hydrogens is 196 g/mol. The summed E-state index contributed by atoms with van der Waals surface area (Å²) < 4.78 is 0. The molecule has 1 aromatic carbocycles. The Kier molecular flexibility index (Phi) is 3.55. The molecule has 0 fully saturated rings. The number of hydrogen-bond acceptors (Lipinski definition) is 3. The van der Waals surface area contributed by atoms with Gasteiger partial charge in [0.25, 0.3) is 0 Å². The average molecular weight is 210 g/mol. The van der Waals surface area contributed by atoms with Gasteiger partial charge < -0.3 is 15.3 Å². The lowest BCUT2D eigenvalue weighted by atomic mass is 10.0. The Morgan fingerprint density at radius 3 is 2.40 bits per heavy atom. The summed E-state index contributed by atoms with van der Waals surface area (Å²) in [5.74, 6) is -1.75. The molecule has 15 heavy (non-hydrogen) atoms. The highest BCUT2D eigenvalue weighted by atomic mass is 16.4. The molecular formula is C11H14O4. The third kappa shape index (κ3) is 2.62. The summed E-state index contributed by atoms with van der Waals surface area (Å²) in [6.45, 7) is 2.00. The van der Waals surface area contributed by atoms with Gasteiger partial charge in [-0.25, -0.2) is 4.79 Å². The summed E-state index contributed by atoms with van der Waals surface area (Å²) in [5.41, 5.74) is 0.610. The fourth-order valence-electron chi connectivity index (χ4n) is 1.39. The van der Waals surface area contributed by atoms with E-state index in [1.54, 1.807) is 0 Å². The highest BCUT2D eigenvalue weighted by Gasteiger charge is 2.13. The first-order valence-corrected chi connectivity index (χ1v) is 4.84. The maximum absolute atomic E-state index is 10.9. The Morgan fingerprint density at radius 2 is 1.87 bits per heavy atom. The minimum atomic E-state index is -1.09. The second-order valence-corrected chi connectivity index (χ2v) is 3.41. The van der Waals surface area contributed by atoms with E-state index in [0.29, 0.717) is 12.0 Å². The van der Waals surface area contributed by atoms with Crippen molar-refractivity contribution in [2.75, 3.05) is 0 Å². The molecule has 0 amide bonds. The Bertz CT molecular complexity index is 371. The highest BCUT2D eigenvalue weighted by Crippen LogP contribution is 2.29. The molecule has 4 heteroatoms. The molecule has 0 atom stereocenters. The Labute approximate surface area is 87.8 Å². The molecule has 0 aliphatic carbocycles. The van der Waals surface area contributed by atoms with E-state index in [1.165, 1.54) is 6.07 Å².